The van der Waals surface area contributed by atoms with Gasteiger partial charge in [-0.2, -0.15) is 0 Å². The maximum absolute atomic E-state index is 14.2. The Bertz CT molecular complexity index is 1480. The number of hydroxylamine groups is 2. The number of ether oxygens (including phenoxy) is 1. The van der Waals surface area contributed by atoms with Crippen LogP contribution >= 0.6 is 11.6 Å². The number of carbonyl (C=O) groups excluding carboxylic acids is 3. The molecule has 5 N–H and O–H groups in total. The van der Waals surface area contributed by atoms with E-state index in [1.165, 1.54) is 11.1 Å². The SMILES string of the molecule is NC(=O)c1ccc2c(c1)ON([C@@H](Cc1ccccc1)C(=O)N1CC[C@@]3(C1)OC(=O)Nc1ccc(Cl)cc13)C2N. The fraction of sp³-hybridized carbons (Fsp3) is 0.250. The molecule has 6 rings (SSSR count). The molecule has 1 unspecified atom stereocenters. The van der Waals surface area contributed by atoms with Crippen LogP contribution in [-0.2, 0) is 21.6 Å². The predicted octanol–water partition coefficient (Wildman–Crippen LogP) is 3.31. The maximum atomic E-state index is 14.2. The van der Waals surface area contributed by atoms with Crippen LogP contribution in [0.2, 0.25) is 5.02 Å². The number of hydrogen-bond acceptors (Lipinski definition) is 7. The van der Waals surface area contributed by atoms with E-state index in [4.69, 9.17) is 32.6 Å². The highest BCUT2D eigenvalue weighted by Crippen LogP contribution is 2.44. The minimum atomic E-state index is -1.02. The van der Waals surface area contributed by atoms with E-state index in [0.29, 0.717) is 41.4 Å². The van der Waals surface area contributed by atoms with Crippen molar-refractivity contribution in [2.24, 2.45) is 11.5 Å². The zero-order chi connectivity index (χ0) is 27.3. The van der Waals surface area contributed by atoms with Crippen LogP contribution in [0.5, 0.6) is 5.75 Å². The number of nitrogens with zero attached hydrogens (tertiary/aromatic N) is 2. The molecule has 3 aliphatic rings. The lowest BCUT2D eigenvalue weighted by Crippen LogP contribution is -2.52. The molecule has 200 valence electrons. The van der Waals surface area contributed by atoms with Crippen molar-refractivity contribution in [2.45, 2.75) is 30.7 Å². The lowest BCUT2D eigenvalue weighted by Gasteiger charge is -2.36. The Labute approximate surface area is 229 Å². The van der Waals surface area contributed by atoms with Crippen LogP contribution in [0, 0.1) is 0 Å². The van der Waals surface area contributed by atoms with Crippen molar-refractivity contribution < 1.29 is 24.0 Å². The molecule has 0 bridgehead atoms. The molecule has 3 aromatic rings. The van der Waals surface area contributed by atoms with E-state index in [9.17, 15) is 14.4 Å². The van der Waals surface area contributed by atoms with Gasteiger partial charge in [-0.05, 0) is 35.9 Å². The molecule has 0 aromatic heterocycles. The van der Waals surface area contributed by atoms with Crippen molar-refractivity contribution >= 4 is 35.2 Å². The smallest absolute Gasteiger partial charge is 0.412 e. The molecule has 0 aliphatic carbocycles. The van der Waals surface area contributed by atoms with E-state index in [0.717, 1.165) is 11.1 Å². The Balaban J connectivity index is 1.32. The molecule has 0 radical (unpaired) electrons. The number of primary amides is 1. The Morgan fingerprint density at radius 3 is 2.69 bits per heavy atom. The number of carbonyl (C=O) groups is 3. The lowest BCUT2D eigenvalue weighted by atomic mass is 9.90. The number of anilines is 1. The standard InChI is InChI=1S/C28H26ClN5O5/c29-18-7-9-21-20(14-18)28(38-27(37)32-21)10-11-33(15-28)26(36)22(12-16-4-2-1-3-5-16)34-24(30)19-8-6-17(25(31)35)13-23(19)39-34/h1-9,13-14,22,24H,10-12,15,30H2,(H2,31,35)(H,32,37)/t22-,24?,28-/m0/s1. The Kier molecular flexibility index (Phi) is 6.17. The van der Waals surface area contributed by atoms with E-state index < -0.39 is 29.8 Å². The summed E-state index contributed by atoms with van der Waals surface area (Å²) in [6, 6.07) is 18.7. The third-order valence-electron chi connectivity index (χ3n) is 7.50. The van der Waals surface area contributed by atoms with Crippen LogP contribution in [0.3, 0.4) is 0 Å². The van der Waals surface area contributed by atoms with Crippen LogP contribution in [0.4, 0.5) is 10.5 Å². The molecular formula is C28H26ClN5O5. The van der Waals surface area contributed by atoms with Crippen LogP contribution in [0.15, 0.2) is 66.7 Å². The summed E-state index contributed by atoms with van der Waals surface area (Å²) >= 11 is 6.28. The predicted molar refractivity (Wildman–Crippen MR) is 143 cm³/mol. The Morgan fingerprint density at radius 2 is 1.92 bits per heavy atom. The molecule has 1 fully saturated rings. The topological polar surface area (TPSA) is 140 Å². The maximum Gasteiger partial charge on any atom is 0.412 e. The van der Waals surface area contributed by atoms with Gasteiger partial charge < -0.3 is 25.9 Å². The molecule has 3 aromatic carbocycles. The van der Waals surface area contributed by atoms with Gasteiger partial charge in [0.1, 0.15) is 12.2 Å². The van der Waals surface area contributed by atoms with Crippen molar-refractivity contribution in [1.29, 1.82) is 0 Å². The fourth-order valence-corrected chi connectivity index (χ4v) is 5.73. The third-order valence-corrected chi connectivity index (χ3v) is 7.73. The quantitative estimate of drug-likeness (QED) is 0.445. The van der Waals surface area contributed by atoms with E-state index in [2.05, 4.69) is 5.32 Å². The van der Waals surface area contributed by atoms with Crippen molar-refractivity contribution in [3.63, 3.8) is 0 Å². The highest BCUT2D eigenvalue weighted by Gasteiger charge is 2.51. The van der Waals surface area contributed by atoms with Crippen molar-refractivity contribution in [1.82, 2.24) is 9.96 Å². The van der Waals surface area contributed by atoms with E-state index in [1.54, 1.807) is 35.2 Å². The second kappa shape index (κ2) is 9.57. The number of hydrogen-bond donors (Lipinski definition) is 3. The summed E-state index contributed by atoms with van der Waals surface area (Å²) < 4.78 is 5.81. The molecule has 39 heavy (non-hydrogen) atoms. The Morgan fingerprint density at radius 1 is 1.13 bits per heavy atom. The number of nitrogens with two attached hydrogens (primary N) is 2. The zero-order valence-corrected chi connectivity index (χ0v) is 21.6. The lowest BCUT2D eigenvalue weighted by molar-refractivity contribution is -0.158. The van der Waals surface area contributed by atoms with Gasteiger partial charge in [-0.15, -0.1) is 5.06 Å². The number of halogens is 1. The highest BCUT2D eigenvalue weighted by molar-refractivity contribution is 6.30. The van der Waals surface area contributed by atoms with Gasteiger partial charge in [-0.3, -0.25) is 14.9 Å². The van der Waals surface area contributed by atoms with Gasteiger partial charge in [0, 0.05) is 41.1 Å². The van der Waals surface area contributed by atoms with Gasteiger partial charge in [0.05, 0.1) is 12.2 Å². The minimum absolute atomic E-state index is 0.153. The van der Waals surface area contributed by atoms with Crippen LogP contribution < -0.4 is 21.6 Å². The molecule has 3 aliphatic heterocycles. The number of fused-ring (bicyclic) bond motifs is 3. The average Bonchev–Trinajstić information content (AvgIpc) is 3.49. The molecule has 1 saturated heterocycles. The molecule has 3 heterocycles. The highest BCUT2D eigenvalue weighted by atomic mass is 35.5. The third kappa shape index (κ3) is 4.46. The first-order chi connectivity index (χ1) is 18.7. The van der Waals surface area contributed by atoms with Gasteiger partial charge in [0.2, 0.25) is 11.8 Å². The summed E-state index contributed by atoms with van der Waals surface area (Å²) in [7, 11) is 0. The first-order valence-electron chi connectivity index (χ1n) is 12.5. The van der Waals surface area contributed by atoms with E-state index in [-0.39, 0.29) is 18.0 Å². The molecule has 3 amide bonds. The average molecular weight is 548 g/mol. The second-order valence-electron chi connectivity index (χ2n) is 9.93. The normalized spacial score (nSPS) is 22.5. The monoisotopic (exact) mass is 547 g/mol. The number of rotatable bonds is 5. The van der Waals surface area contributed by atoms with Gasteiger partial charge in [0.15, 0.2) is 11.4 Å². The second-order valence-corrected chi connectivity index (χ2v) is 10.4. The molecular weight excluding hydrogens is 522 g/mol. The Hall–Kier alpha value is -4.12. The van der Waals surface area contributed by atoms with Gasteiger partial charge in [0.25, 0.3) is 0 Å². The summed E-state index contributed by atoms with van der Waals surface area (Å²) in [6.07, 6.45) is -0.609. The van der Waals surface area contributed by atoms with Gasteiger partial charge >= 0.3 is 6.09 Å². The number of amides is 3. The van der Waals surface area contributed by atoms with E-state index >= 15 is 0 Å². The van der Waals surface area contributed by atoms with Crippen LogP contribution in [-0.4, -0.2) is 47.0 Å². The largest absolute Gasteiger partial charge is 0.436 e. The van der Waals surface area contributed by atoms with Crippen LogP contribution in [0.1, 0.15) is 39.6 Å². The summed E-state index contributed by atoms with van der Waals surface area (Å²) in [6.45, 7) is 0.505. The number of benzene rings is 3. The summed E-state index contributed by atoms with van der Waals surface area (Å²) in [5.74, 6) is -0.449. The summed E-state index contributed by atoms with van der Waals surface area (Å²) in [4.78, 5) is 46.1. The van der Waals surface area contributed by atoms with Crippen molar-refractivity contribution in [3.8, 4) is 5.75 Å². The number of likely N-dealkylation sites (tertiary alicyclic amines) is 1. The van der Waals surface area contributed by atoms with Crippen molar-refractivity contribution in [2.75, 3.05) is 18.4 Å². The van der Waals surface area contributed by atoms with E-state index in [1.807, 2.05) is 30.3 Å². The molecule has 1 spiro atoms. The molecule has 3 atom stereocenters. The first kappa shape index (κ1) is 25.2. The molecule has 0 saturated carbocycles. The minimum Gasteiger partial charge on any atom is -0.436 e. The molecule has 11 heteroatoms. The van der Waals surface area contributed by atoms with Crippen molar-refractivity contribution in [3.05, 3.63) is 94.0 Å². The zero-order valence-electron chi connectivity index (χ0n) is 20.8. The summed E-state index contributed by atoms with van der Waals surface area (Å²) in [5.41, 5.74) is 14.1. The molecule has 10 nitrogen and oxygen atoms in total. The van der Waals surface area contributed by atoms with Gasteiger partial charge in [-0.1, -0.05) is 48.0 Å². The fourth-order valence-electron chi connectivity index (χ4n) is 5.55. The number of nitrogens with one attached hydrogen (secondary N) is 1. The van der Waals surface area contributed by atoms with Crippen LogP contribution in [0.25, 0.3) is 0 Å². The summed E-state index contributed by atoms with van der Waals surface area (Å²) in [5, 5.41) is 4.68. The van der Waals surface area contributed by atoms with Gasteiger partial charge in [-0.25, -0.2) is 4.79 Å². The first-order valence-corrected chi connectivity index (χ1v) is 12.9.